The predicted molar refractivity (Wildman–Crippen MR) is 130 cm³/mol. The Hall–Kier alpha value is -3.87. The molecule has 0 fully saturated rings. The van der Waals surface area contributed by atoms with Crippen molar-refractivity contribution >= 4 is 33.8 Å². The van der Waals surface area contributed by atoms with Crippen molar-refractivity contribution in [1.82, 2.24) is 5.32 Å². The zero-order chi connectivity index (χ0) is 24.4. The third-order valence-electron chi connectivity index (χ3n) is 6.24. The normalized spacial score (nSPS) is 12.2. The smallest absolute Gasteiger partial charge is 0.339 e. The van der Waals surface area contributed by atoms with Gasteiger partial charge in [-0.15, -0.1) is 0 Å². The summed E-state index contributed by atoms with van der Waals surface area (Å²) in [6.07, 6.45) is 2.84. The first-order valence-electron chi connectivity index (χ1n) is 11.4. The Kier molecular flexibility index (Phi) is 6.54. The van der Waals surface area contributed by atoms with Gasteiger partial charge in [0.2, 0.25) is 5.91 Å². The molecule has 0 saturated heterocycles. The van der Waals surface area contributed by atoms with Crippen molar-refractivity contribution in [1.29, 1.82) is 0 Å². The number of hydrogen-bond acceptors (Lipinski definition) is 5. The molecule has 2 heterocycles. The number of rotatable bonds is 8. The number of carboxylic acids is 1. The maximum absolute atomic E-state index is 12.8. The standard InChI is InChI=1S/C27H27NO6/c1-4-8-22(26(30)31)28-23(29)12-11-18-15(2)19-13-20-21(17-9-6-5-7-10-17)14-33-24(20)16(3)25(19)34-27(18)32/h5-7,9-10,13-14,22H,4,8,11-12H2,1-3H3,(H,28,29)(H,30,31). The molecule has 2 N–H and O–H groups in total. The highest BCUT2D eigenvalue weighted by Crippen LogP contribution is 2.37. The molecule has 34 heavy (non-hydrogen) atoms. The minimum Gasteiger partial charge on any atom is -0.480 e. The molecule has 0 spiro atoms. The van der Waals surface area contributed by atoms with E-state index in [1.807, 2.05) is 57.2 Å². The fourth-order valence-corrected chi connectivity index (χ4v) is 4.38. The van der Waals surface area contributed by atoms with Crippen molar-refractivity contribution in [2.75, 3.05) is 0 Å². The molecule has 176 valence electrons. The van der Waals surface area contributed by atoms with Gasteiger partial charge in [0.25, 0.3) is 0 Å². The molecule has 0 radical (unpaired) electrons. The predicted octanol–water partition coefficient (Wildman–Crippen LogP) is 5.13. The number of furan rings is 1. The van der Waals surface area contributed by atoms with Crippen molar-refractivity contribution in [2.24, 2.45) is 0 Å². The number of fused-ring (bicyclic) bond motifs is 2. The van der Waals surface area contributed by atoms with E-state index in [9.17, 15) is 19.5 Å². The van der Waals surface area contributed by atoms with Crippen molar-refractivity contribution in [2.45, 2.75) is 52.5 Å². The zero-order valence-electron chi connectivity index (χ0n) is 19.4. The van der Waals surface area contributed by atoms with Gasteiger partial charge in [0.1, 0.15) is 17.2 Å². The SMILES string of the molecule is CCCC(NC(=O)CCc1c(C)c2cc3c(-c4ccccc4)coc3c(C)c2oc1=O)C(=O)O. The van der Waals surface area contributed by atoms with Crippen LogP contribution in [0.5, 0.6) is 0 Å². The summed E-state index contributed by atoms with van der Waals surface area (Å²) in [6.45, 7) is 5.56. The Labute approximate surface area is 196 Å². The Morgan fingerprint density at radius 1 is 1.06 bits per heavy atom. The molecular formula is C27H27NO6. The second-order valence-corrected chi connectivity index (χ2v) is 8.51. The van der Waals surface area contributed by atoms with Crippen LogP contribution in [0.2, 0.25) is 0 Å². The lowest BCUT2D eigenvalue weighted by atomic mass is 9.96. The molecule has 1 unspecified atom stereocenters. The number of nitrogens with one attached hydrogen (secondary N) is 1. The molecule has 4 aromatic rings. The third-order valence-corrected chi connectivity index (χ3v) is 6.24. The molecule has 4 rings (SSSR count). The molecule has 0 saturated carbocycles. The van der Waals surface area contributed by atoms with E-state index >= 15 is 0 Å². The summed E-state index contributed by atoms with van der Waals surface area (Å²) in [5.74, 6) is -1.47. The Morgan fingerprint density at radius 3 is 2.47 bits per heavy atom. The summed E-state index contributed by atoms with van der Waals surface area (Å²) in [7, 11) is 0. The number of carbonyl (C=O) groups excluding carboxylic acids is 1. The Morgan fingerprint density at radius 2 is 1.79 bits per heavy atom. The second-order valence-electron chi connectivity index (χ2n) is 8.51. The van der Waals surface area contributed by atoms with Gasteiger partial charge in [0.05, 0.1) is 6.26 Å². The van der Waals surface area contributed by atoms with Gasteiger partial charge in [-0.1, -0.05) is 43.7 Å². The topological polar surface area (TPSA) is 110 Å². The molecule has 2 aromatic heterocycles. The van der Waals surface area contributed by atoms with E-state index in [4.69, 9.17) is 8.83 Å². The lowest BCUT2D eigenvalue weighted by Crippen LogP contribution is -2.40. The van der Waals surface area contributed by atoms with Gasteiger partial charge < -0.3 is 19.3 Å². The van der Waals surface area contributed by atoms with Gasteiger partial charge in [-0.3, -0.25) is 4.79 Å². The summed E-state index contributed by atoms with van der Waals surface area (Å²) in [6, 6.07) is 10.9. The quantitative estimate of drug-likeness (QED) is 0.352. The van der Waals surface area contributed by atoms with Crippen LogP contribution >= 0.6 is 0 Å². The number of aryl methyl sites for hydroxylation is 2. The van der Waals surface area contributed by atoms with Gasteiger partial charge in [0.15, 0.2) is 0 Å². The number of hydrogen-bond donors (Lipinski definition) is 2. The highest BCUT2D eigenvalue weighted by molar-refractivity contribution is 6.04. The molecule has 7 heteroatoms. The average molecular weight is 462 g/mol. The van der Waals surface area contributed by atoms with Crippen LogP contribution < -0.4 is 10.9 Å². The zero-order valence-corrected chi connectivity index (χ0v) is 19.4. The molecule has 0 aliphatic rings. The Bertz CT molecular complexity index is 1430. The number of aliphatic carboxylic acids is 1. The van der Waals surface area contributed by atoms with Crippen LogP contribution in [-0.2, 0) is 16.0 Å². The van der Waals surface area contributed by atoms with Gasteiger partial charge in [-0.05, 0) is 43.9 Å². The van der Waals surface area contributed by atoms with E-state index in [0.29, 0.717) is 29.6 Å². The van der Waals surface area contributed by atoms with Crippen molar-refractivity contribution in [3.05, 3.63) is 69.8 Å². The molecule has 7 nitrogen and oxygen atoms in total. The largest absolute Gasteiger partial charge is 0.480 e. The van der Waals surface area contributed by atoms with E-state index in [0.717, 1.165) is 33.0 Å². The Balaban J connectivity index is 1.70. The van der Waals surface area contributed by atoms with Crippen LogP contribution in [0.1, 0.15) is 42.9 Å². The van der Waals surface area contributed by atoms with Crippen molar-refractivity contribution < 1.29 is 23.5 Å². The molecule has 1 amide bonds. The van der Waals surface area contributed by atoms with E-state index < -0.39 is 23.5 Å². The van der Waals surface area contributed by atoms with E-state index in [1.165, 1.54) is 0 Å². The van der Waals surface area contributed by atoms with Crippen LogP contribution in [0.4, 0.5) is 0 Å². The van der Waals surface area contributed by atoms with Gasteiger partial charge in [-0.25, -0.2) is 9.59 Å². The number of carbonyl (C=O) groups is 2. The highest BCUT2D eigenvalue weighted by atomic mass is 16.4. The summed E-state index contributed by atoms with van der Waals surface area (Å²) < 4.78 is 11.5. The number of amides is 1. The second kappa shape index (κ2) is 9.55. The van der Waals surface area contributed by atoms with Crippen LogP contribution in [0.15, 0.2) is 56.3 Å². The summed E-state index contributed by atoms with van der Waals surface area (Å²) in [4.78, 5) is 36.5. The molecule has 0 aliphatic carbocycles. The first kappa shape index (κ1) is 23.3. The molecule has 0 bridgehead atoms. The maximum atomic E-state index is 12.8. The molecular weight excluding hydrogens is 434 g/mol. The van der Waals surface area contributed by atoms with Gasteiger partial charge >= 0.3 is 11.6 Å². The van der Waals surface area contributed by atoms with Gasteiger partial charge in [0, 0.05) is 33.9 Å². The number of carboxylic acid groups (broad SMARTS) is 1. The first-order valence-corrected chi connectivity index (χ1v) is 11.4. The maximum Gasteiger partial charge on any atom is 0.339 e. The lowest BCUT2D eigenvalue weighted by Gasteiger charge is -2.14. The highest BCUT2D eigenvalue weighted by Gasteiger charge is 2.21. The van der Waals surface area contributed by atoms with E-state index in [-0.39, 0.29) is 12.8 Å². The monoisotopic (exact) mass is 461 g/mol. The van der Waals surface area contributed by atoms with Crippen LogP contribution in [0.25, 0.3) is 33.1 Å². The van der Waals surface area contributed by atoms with Crippen LogP contribution in [0, 0.1) is 13.8 Å². The minimum absolute atomic E-state index is 0.00714. The summed E-state index contributed by atoms with van der Waals surface area (Å²) in [5, 5.41) is 13.5. The molecule has 2 aromatic carbocycles. The fraction of sp³-hybridized carbons (Fsp3) is 0.296. The van der Waals surface area contributed by atoms with Crippen molar-refractivity contribution in [3.8, 4) is 11.1 Å². The molecule has 1 atom stereocenters. The summed E-state index contributed by atoms with van der Waals surface area (Å²) in [5.41, 5.74) is 4.49. The first-order chi connectivity index (χ1) is 16.3. The van der Waals surface area contributed by atoms with Crippen molar-refractivity contribution in [3.63, 3.8) is 0 Å². The van der Waals surface area contributed by atoms with Crippen LogP contribution in [-0.4, -0.2) is 23.0 Å². The van der Waals surface area contributed by atoms with Gasteiger partial charge in [-0.2, -0.15) is 0 Å². The summed E-state index contributed by atoms with van der Waals surface area (Å²) >= 11 is 0. The van der Waals surface area contributed by atoms with E-state index in [2.05, 4.69) is 5.32 Å². The fourth-order valence-electron chi connectivity index (χ4n) is 4.38. The average Bonchev–Trinajstić information content (AvgIpc) is 3.24. The minimum atomic E-state index is -1.06. The lowest BCUT2D eigenvalue weighted by molar-refractivity contribution is -0.142. The third kappa shape index (κ3) is 4.33. The number of benzene rings is 2. The molecule has 0 aliphatic heterocycles. The van der Waals surface area contributed by atoms with Crippen LogP contribution in [0.3, 0.4) is 0 Å². The van der Waals surface area contributed by atoms with E-state index in [1.54, 1.807) is 6.26 Å².